The first kappa shape index (κ1) is 28.0. The number of nitrogens with zero attached hydrogens (tertiary/aromatic N) is 4. The molecule has 0 fully saturated rings. The normalized spacial score (nSPS) is 11.8. The van der Waals surface area contributed by atoms with Gasteiger partial charge >= 0.3 is 12.1 Å². The number of fused-ring (bicyclic) bond motifs is 1. The topological polar surface area (TPSA) is 108 Å². The lowest BCUT2D eigenvalue weighted by Crippen LogP contribution is -2.39. The maximum absolute atomic E-state index is 13.2. The van der Waals surface area contributed by atoms with Crippen LogP contribution in [0.2, 0.25) is 0 Å². The van der Waals surface area contributed by atoms with E-state index in [1.807, 2.05) is 42.0 Å². The predicted molar refractivity (Wildman–Crippen MR) is 132 cm³/mol. The number of hydrogen-bond acceptors (Lipinski definition) is 8. The van der Waals surface area contributed by atoms with Gasteiger partial charge in [-0.15, -0.1) is 0 Å². The Morgan fingerprint density at radius 1 is 1.26 bits per heavy atom. The lowest BCUT2D eigenvalue weighted by atomic mass is 10.1. The third-order valence-electron chi connectivity index (χ3n) is 4.09. The largest absolute Gasteiger partial charge is 0.465 e. The van der Waals surface area contributed by atoms with Crippen molar-refractivity contribution in [2.75, 3.05) is 18.9 Å². The number of halogens is 5. The number of anilines is 1. The summed E-state index contributed by atoms with van der Waals surface area (Å²) in [7, 11) is 1.22. The molecular formula is C20H23F4IN6O2S. The standard InChI is InChI=1S/C12H6F4IN5S.C8H17NO2/c13-8-3-19-10(21-9(8)18)7-4-22(23-17)11-6(7)1-5(2-20-11)12(14,15)16;1-5-11-7(10)6-9-8(2,3)4/h1-4H,(H2,18,19,21);9H,5-6H2,1-4H3. The molecule has 0 aliphatic carbocycles. The van der Waals surface area contributed by atoms with Crippen molar-refractivity contribution in [3.05, 3.63) is 36.0 Å². The monoisotopic (exact) mass is 614 g/mol. The van der Waals surface area contributed by atoms with Gasteiger partial charge in [-0.1, -0.05) is 0 Å². The van der Waals surface area contributed by atoms with Gasteiger partial charge in [0.05, 0.1) is 24.9 Å². The van der Waals surface area contributed by atoms with Gasteiger partial charge in [-0.25, -0.2) is 19.3 Å². The fraction of sp³-hybridized carbons (Fsp3) is 0.400. The van der Waals surface area contributed by atoms with Crippen molar-refractivity contribution >= 4 is 53.1 Å². The average Bonchev–Trinajstić information content (AvgIpc) is 3.12. The van der Waals surface area contributed by atoms with Crippen molar-refractivity contribution in [2.24, 2.45) is 0 Å². The highest BCUT2D eigenvalue weighted by atomic mass is 127. The Labute approximate surface area is 209 Å². The molecule has 3 heterocycles. The lowest BCUT2D eigenvalue weighted by molar-refractivity contribution is -0.142. The molecule has 186 valence electrons. The van der Waals surface area contributed by atoms with E-state index in [0.717, 1.165) is 18.5 Å². The molecule has 14 heteroatoms. The fourth-order valence-electron chi connectivity index (χ4n) is 2.52. The second kappa shape index (κ2) is 11.5. The number of nitrogens with one attached hydrogen (secondary N) is 1. The number of nitrogen functional groups attached to an aromatic ring is 1. The highest BCUT2D eigenvalue weighted by molar-refractivity contribution is 14.2. The van der Waals surface area contributed by atoms with Gasteiger partial charge in [0.15, 0.2) is 23.1 Å². The van der Waals surface area contributed by atoms with Crippen LogP contribution in [-0.4, -0.2) is 43.6 Å². The molecule has 3 aromatic heterocycles. The van der Waals surface area contributed by atoms with E-state index in [-0.39, 0.29) is 40.6 Å². The molecule has 0 radical (unpaired) electrons. The molecule has 34 heavy (non-hydrogen) atoms. The van der Waals surface area contributed by atoms with Gasteiger partial charge in [0.25, 0.3) is 0 Å². The van der Waals surface area contributed by atoms with Gasteiger partial charge in [0.2, 0.25) is 0 Å². The summed E-state index contributed by atoms with van der Waals surface area (Å²) in [5, 5.41) is 3.24. The minimum absolute atomic E-state index is 0.0211. The first-order valence-corrected chi connectivity index (χ1v) is 13.1. The number of pyridine rings is 1. The maximum atomic E-state index is 13.2. The van der Waals surface area contributed by atoms with Crippen molar-refractivity contribution in [3.63, 3.8) is 0 Å². The molecule has 0 bridgehead atoms. The molecule has 3 N–H and O–H groups in total. The molecule has 3 aromatic rings. The SMILES string of the molecule is CCOC(=O)CNC(C)(C)C.Nc1nc(-c2cn(SI)c3ncc(C(F)(F)F)cc23)ncc1F. The molecule has 0 amide bonds. The molecule has 0 unspecified atom stereocenters. The number of nitrogens with two attached hydrogens (primary N) is 1. The summed E-state index contributed by atoms with van der Waals surface area (Å²) < 4.78 is 58.2. The molecule has 0 saturated carbocycles. The Hall–Kier alpha value is -2.20. The van der Waals surface area contributed by atoms with E-state index in [9.17, 15) is 22.4 Å². The molecule has 0 spiro atoms. The number of aromatic nitrogens is 4. The summed E-state index contributed by atoms with van der Waals surface area (Å²) in [6.45, 7) is 8.56. The van der Waals surface area contributed by atoms with E-state index in [1.165, 1.54) is 15.3 Å². The second-order valence-electron chi connectivity index (χ2n) is 7.87. The Kier molecular flexibility index (Phi) is 9.47. The van der Waals surface area contributed by atoms with Crippen LogP contribution in [0.15, 0.2) is 24.7 Å². The van der Waals surface area contributed by atoms with Crippen molar-refractivity contribution in [3.8, 4) is 11.4 Å². The van der Waals surface area contributed by atoms with Crippen LogP contribution in [0.1, 0.15) is 33.3 Å². The van der Waals surface area contributed by atoms with Crippen LogP contribution in [0.5, 0.6) is 0 Å². The smallest absolute Gasteiger partial charge is 0.417 e. The van der Waals surface area contributed by atoms with Gasteiger partial charge in [0.1, 0.15) is 0 Å². The van der Waals surface area contributed by atoms with E-state index in [0.29, 0.717) is 12.3 Å². The fourth-order valence-corrected chi connectivity index (χ4v) is 3.78. The molecule has 0 aliphatic heterocycles. The van der Waals surface area contributed by atoms with E-state index < -0.39 is 17.6 Å². The van der Waals surface area contributed by atoms with E-state index in [1.54, 1.807) is 10.9 Å². The molecule has 0 saturated heterocycles. The van der Waals surface area contributed by atoms with E-state index in [2.05, 4.69) is 20.3 Å². The zero-order valence-corrected chi connectivity index (χ0v) is 21.7. The summed E-state index contributed by atoms with van der Waals surface area (Å²) >= 11 is 1.96. The second-order valence-corrected chi connectivity index (χ2v) is 9.58. The summed E-state index contributed by atoms with van der Waals surface area (Å²) in [4.78, 5) is 22.3. The predicted octanol–water partition coefficient (Wildman–Crippen LogP) is 5.02. The van der Waals surface area contributed by atoms with Gasteiger partial charge < -0.3 is 15.8 Å². The maximum Gasteiger partial charge on any atom is 0.417 e. The quantitative estimate of drug-likeness (QED) is 0.235. The number of rotatable bonds is 5. The Morgan fingerprint density at radius 3 is 2.47 bits per heavy atom. The highest BCUT2D eigenvalue weighted by Gasteiger charge is 2.32. The van der Waals surface area contributed by atoms with E-state index >= 15 is 0 Å². The molecule has 0 atom stereocenters. The van der Waals surface area contributed by atoms with Crippen LogP contribution in [0.3, 0.4) is 0 Å². The molecule has 3 rings (SSSR count). The average molecular weight is 614 g/mol. The zero-order chi connectivity index (χ0) is 25.7. The number of ether oxygens (including phenoxy) is 1. The minimum Gasteiger partial charge on any atom is -0.465 e. The molecule has 0 aliphatic rings. The summed E-state index contributed by atoms with van der Waals surface area (Å²) in [5.41, 5.74) is 5.10. The number of hydrogen-bond donors (Lipinski definition) is 2. The van der Waals surface area contributed by atoms with Gasteiger partial charge in [-0.05, 0) is 33.8 Å². The van der Waals surface area contributed by atoms with Crippen LogP contribution in [0, 0.1) is 5.82 Å². The van der Waals surface area contributed by atoms with Crippen molar-refractivity contribution in [2.45, 2.75) is 39.4 Å². The van der Waals surface area contributed by atoms with Crippen LogP contribution in [0.25, 0.3) is 22.4 Å². The minimum atomic E-state index is -4.53. The van der Waals surface area contributed by atoms with Crippen molar-refractivity contribution in [1.82, 2.24) is 24.2 Å². The third kappa shape index (κ3) is 7.66. The zero-order valence-electron chi connectivity index (χ0n) is 18.7. The Morgan fingerprint density at radius 2 is 1.94 bits per heavy atom. The first-order chi connectivity index (χ1) is 15.8. The highest BCUT2D eigenvalue weighted by Crippen LogP contribution is 2.36. The number of carbonyl (C=O) groups is 1. The molecule has 8 nitrogen and oxygen atoms in total. The lowest BCUT2D eigenvalue weighted by Gasteiger charge is -2.19. The molecule has 0 aromatic carbocycles. The van der Waals surface area contributed by atoms with Gasteiger partial charge in [-0.3, -0.25) is 8.77 Å². The summed E-state index contributed by atoms with van der Waals surface area (Å²) in [6.07, 6.45) is -1.36. The van der Waals surface area contributed by atoms with Crippen LogP contribution < -0.4 is 11.1 Å². The van der Waals surface area contributed by atoms with Crippen LogP contribution >= 0.6 is 30.3 Å². The van der Waals surface area contributed by atoms with Crippen molar-refractivity contribution in [1.29, 1.82) is 0 Å². The summed E-state index contributed by atoms with van der Waals surface area (Å²) in [6, 6.07) is 0.962. The summed E-state index contributed by atoms with van der Waals surface area (Å²) in [5.74, 6) is -1.34. The van der Waals surface area contributed by atoms with Gasteiger partial charge in [0, 0.05) is 59.2 Å². The van der Waals surface area contributed by atoms with Crippen LogP contribution in [0.4, 0.5) is 23.4 Å². The number of alkyl halides is 3. The Balaban J connectivity index is 0.000000316. The number of carbonyl (C=O) groups excluding carboxylic acids is 1. The Bertz CT molecular complexity index is 1150. The third-order valence-corrected chi connectivity index (χ3v) is 5.79. The van der Waals surface area contributed by atoms with Crippen molar-refractivity contribution < 1.29 is 27.1 Å². The number of esters is 1. The van der Waals surface area contributed by atoms with Crippen LogP contribution in [-0.2, 0) is 15.7 Å². The van der Waals surface area contributed by atoms with Gasteiger partial charge in [-0.2, -0.15) is 13.2 Å². The first-order valence-electron chi connectivity index (χ1n) is 9.83. The van der Waals surface area contributed by atoms with E-state index in [4.69, 9.17) is 10.5 Å². The molecular weight excluding hydrogens is 591 g/mol.